The van der Waals surface area contributed by atoms with E-state index in [1.54, 1.807) is 6.33 Å². The molecule has 1 aromatic carbocycles. The van der Waals surface area contributed by atoms with Crippen LogP contribution >= 0.6 is 0 Å². The van der Waals surface area contributed by atoms with Gasteiger partial charge in [0.05, 0.1) is 6.33 Å². The molecule has 1 aliphatic carbocycles. The number of nitrogens with one attached hydrogen (secondary N) is 2. The fourth-order valence-electron chi connectivity index (χ4n) is 2.82. The second-order valence-electron chi connectivity index (χ2n) is 5.13. The molecular weight excluding hydrogens is 250 g/mol. The summed E-state index contributed by atoms with van der Waals surface area (Å²) in [6, 6.07) is 6.76. The van der Waals surface area contributed by atoms with Gasteiger partial charge in [0.25, 0.3) is 0 Å². The molecule has 0 unspecified atom stereocenters. The Balaban J connectivity index is 1.57. The van der Waals surface area contributed by atoms with Crippen molar-refractivity contribution in [1.29, 1.82) is 0 Å². The highest BCUT2D eigenvalue weighted by molar-refractivity contribution is 5.81. The van der Waals surface area contributed by atoms with Crippen molar-refractivity contribution < 1.29 is 0 Å². The first-order valence-corrected chi connectivity index (χ1v) is 6.89. The van der Waals surface area contributed by atoms with Crippen molar-refractivity contribution in [2.75, 3.05) is 5.32 Å². The second-order valence-corrected chi connectivity index (χ2v) is 5.13. The predicted octanol–water partition coefficient (Wildman–Crippen LogP) is 2.45. The molecule has 0 bridgehead atoms. The number of aromatic amines is 1. The number of aryl methyl sites for hydroxylation is 2. The molecule has 0 spiro atoms. The van der Waals surface area contributed by atoms with Crippen LogP contribution in [0.2, 0.25) is 0 Å². The number of rotatable bonds is 3. The van der Waals surface area contributed by atoms with Crippen LogP contribution in [0.3, 0.4) is 0 Å². The smallest absolute Gasteiger partial charge is 0.182 e. The molecule has 5 heteroatoms. The van der Waals surface area contributed by atoms with Crippen molar-refractivity contribution in [1.82, 2.24) is 19.9 Å². The van der Waals surface area contributed by atoms with E-state index >= 15 is 0 Å². The molecule has 1 aliphatic rings. The first-order valence-electron chi connectivity index (χ1n) is 6.89. The molecule has 100 valence electrons. The lowest BCUT2D eigenvalue weighted by molar-refractivity contribution is 0.911. The zero-order valence-corrected chi connectivity index (χ0v) is 11.1. The van der Waals surface area contributed by atoms with Gasteiger partial charge in [-0.15, -0.1) is 0 Å². The van der Waals surface area contributed by atoms with Crippen LogP contribution in [0, 0.1) is 0 Å². The van der Waals surface area contributed by atoms with Crippen molar-refractivity contribution in [2.24, 2.45) is 0 Å². The lowest BCUT2D eigenvalue weighted by Crippen LogP contribution is -2.03. The lowest BCUT2D eigenvalue weighted by Gasteiger charge is -2.08. The summed E-state index contributed by atoms with van der Waals surface area (Å²) < 4.78 is 0. The second kappa shape index (κ2) is 4.59. The van der Waals surface area contributed by atoms with Crippen LogP contribution in [0.25, 0.3) is 11.2 Å². The summed E-state index contributed by atoms with van der Waals surface area (Å²) in [6.45, 7) is 0.762. The third-order valence-electron chi connectivity index (χ3n) is 3.85. The summed E-state index contributed by atoms with van der Waals surface area (Å²) in [5.41, 5.74) is 5.84. The van der Waals surface area contributed by atoms with Gasteiger partial charge in [-0.1, -0.05) is 18.2 Å². The minimum Gasteiger partial charge on any atom is -0.364 e. The monoisotopic (exact) mass is 265 g/mol. The number of imidazole rings is 1. The third kappa shape index (κ3) is 1.91. The Morgan fingerprint density at radius 3 is 3.05 bits per heavy atom. The highest BCUT2D eigenvalue weighted by atomic mass is 15.1. The van der Waals surface area contributed by atoms with Crippen LogP contribution in [0.1, 0.15) is 23.1 Å². The Kier molecular flexibility index (Phi) is 2.62. The number of hydrogen-bond donors (Lipinski definition) is 2. The quantitative estimate of drug-likeness (QED) is 0.763. The Hall–Kier alpha value is -2.43. The molecule has 5 nitrogen and oxygen atoms in total. The minimum atomic E-state index is 0.691. The molecule has 2 heterocycles. The van der Waals surface area contributed by atoms with Crippen LogP contribution in [-0.2, 0) is 19.4 Å². The number of anilines is 1. The summed E-state index contributed by atoms with van der Waals surface area (Å²) >= 11 is 0. The van der Waals surface area contributed by atoms with Crippen LogP contribution < -0.4 is 5.32 Å². The van der Waals surface area contributed by atoms with E-state index in [-0.39, 0.29) is 0 Å². The molecule has 4 rings (SSSR count). The van der Waals surface area contributed by atoms with Gasteiger partial charge in [-0.05, 0) is 36.0 Å². The molecule has 3 aromatic rings. The fourth-order valence-corrected chi connectivity index (χ4v) is 2.82. The van der Waals surface area contributed by atoms with Gasteiger partial charge in [0, 0.05) is 6.54 Å². The molecule has 2 N–H and O–H groups in total. The van der Waals surface area contributed by atoms with Crippen molar-refractivity contribution in [2.45, 2.75) is 25.8 Å². The summed E-state index contributed by atoms with van der Waals surface area (Å²) in [5, 5.41) is 3.36. The topological polar surface area (TPSA) is 66.5 Å². The molecule has 0 amide bonds. The van der Waals surface area contributed by atoms with Gasteiger partial charge in [-0.3, -0.25) is 0 Å². The van der Waals surface area contributed by atoms with Crippen LogP contribution in [-0.4, -0.2) is 19.9 Å². The van der Waals surface area contributed by atoms with E-state index in [2.05, 4.69) is 43.5 Å². The summed E-state index contributed by atoms with van der Waals surface area (Å²) in [5.74, 6) is 0.799. The standard InChI is InChI=1S/C15H15N5/c1-2-11-5-4-10(6-12(11)3-1)7-16-14-13-15(18-8-17-13)20-9-19-14/h4-6,8-9H,1-3,7H2,(H2,16,17,18,19,20). The van der Waals surface area contributed by atoms with E-state index in [1.807, 2.05) is 0 Å². The molecule has 0 saturated heterocycles. The molecule has 0 radical (unpaired) electrons. The Morgan fingerprint density at radius 2 is 2.05 bits per heavy atom. The first kappa shape index (κ1) is 11.4. The Bertz CT molecular complexity index is 762. The van der Waals surface area contributed by atoms with E-state index < -0.39 is 0 Å². The van der Waals surface area contributed by atoms with E-state index in [9.17, 15) is 0 Å². The minimum absolute atomic E-state index is 0.691. The van der Waals surface area contributed by atoms with E-state index in [0.717, 1.165) is 17.9 Å². The zero-order valence-electron chi connectivity index (χ0n) is 11.1. The lowest BCUT2D eigenvalue weighted by atomic mass is 10.1. The molecule has 0 saturated carbocycles. The fraction of sp³-hybridized carbons (Fsp3) is 0.267. The number of aromatic nitrogens is 4. The predicted molar refractivity (Wildman–Crippen MR) is 77.5 cm³/mol. The first-order chi connectivity index (χ1) is 9.90. The van der Waals surface area contributed by atoms with E-state index in [1.165, 1.54) is 42.3 Å². The van der Waals surface area contributed by atoms with Crippen molar-refractivity contribution >= 4 is 17.0 Å². The summed E-state index contributed by atoms with van der Waals surface area (Å²) in [7, 11) is 0. The molecule has 20 heavy (non-hydrogen) atoms. The average molecular weight is 265 g/mol. The van der Waals surface area contributed by atoms with Crippen LogP contribution in [0.4, 0.5) is 5.82 Å². The normalized spacial score (nSPS) is 13.6. The molecule has 2 aromatic heterocycles. The van der Waals surface area contributed by atoms with Crippen LogP contribution in [0.5, 0.6) is 0 Å². The number of H-pyrrole nitrogens is 1. The molecule has 0 aliphatic heterocycles. The Morgan fingerprint density at radius 1 is 1.10 bits per heavy atom. The van der Waals surface area contributed by atoms with Crippen LogP contribution in [0.15, 0.2) is 30.9 Å². The maximum absolute atomic E-state index is 4.27. The van der Waals surface area contributed by atoms with Gasteiger partial charge < -0.3 is 10.3 Å². The largest absolute Gasteiger partial charge is 0.364 e. The Labute approximate surface area is 116 Å². The maximum atomic E-state index is 4.27. The molecular formula is C15H15N5. The number of fused-ring (bicyclic) bond motifs is 2. The average Bonchev–Trinajstić information content (AvgIpc) is 3.13. The van der Waals surface area contributed by atoms with Gasteiger partial charge in [0.15, 0.2) is 11.5 Å². The number of hydrogen-bond acceptors (Lipinski definition) is 4. The summed E-state index contributed by atoms with van der Waals surface area (Å²) in [4.78, 5) is 15.6. The third-order valence-corrected chi connectivity index (χ3v) is 3.85. The van der Waals surface area contributed by atoms with Gasteiger partial charge in [0.2, 0.25) is 0 Å². The van der Waals surface area contributed by atoms with Gasteiger partial charge >= 0.3 is 0 Å². The van der Waals surface area contributed by atoms with Gasteiger partial charge in [-0.25, -0.2) is 15.0 Å². The summed E-state index contributed by atoms with van der Waals surface area (Å²) in [6.07, 6.45) is 6.90. The maximum Gasteiger partial charge on any atom is 0.182 e. The van der Waals surface area contributed by atoms with Gasteiger partial charge in [0.1, 0.15) is 11.8 Å². The molecule has 0 fully saturated rings. The molecule has 0 atom stereocenters. The SMILES string of the molecule is c1nc(NCc2ccc3c(c2)CCC3)c2[nH]cnc2n1. The van der Waals surface area contributed by atoms with Crippen molar-refractivity contribution in [3.63, 3.8) is 0 Å². The highest BCUT2D eigenvalue weighted by Crippen LogP contribution is 2.23. The van der Waals surface area contributed by atoms with Gasteiger partial charge in [-0.2, -0.15) is 0 Å². The number of nitrogens with zero attached hydrogens (tertiary/aromatic N) is 3. The van der Waals surface area contributed by atoms with E-state index in [4.69, 9.17) is 0 Å². The van der Waals surface area contributed by atoms with E-state index in [0.29, 0.717) is 5.65 Å². The zero-order chi connectivity index (χ0) is 13.4. The van der Waals surface area contributed by atoms with Crippen molar-refractivity contribution in [3.05, 3.63) is 47.5 Å². The number of benzene rings is 1. The van der Waals surface area contributed by atoms with Crippen molar-refractivity contribution in [3.8, 4) is 0 Å². The highest BCUT2D eigenvalue weighted by Gasteiger charge is 2.11.